The molecule has 1 atom stereocenters. The SMILES string of the molecule is CCSc1nc(=O)c2c(n1C)NC(=O)C[C@@H]2c1ccc(C)cc1C. The highest BCUT2D eigenvalue weighted by atomic mass is 32.2. The van der Waals surface area contributed by atoms with Crippen LogP contribution in [0.2, 0.25) is 0 Å². The van der Waals surface area contributed by atoms with Gasteiger partial charge in [-0.2, -0.15) is 4.98 Å². The quantitative estimate of drug-likeness (QED) is 0.687. The van der Waals surface area contributed by atoms with Crippen LogP contribution in [0.5, 0.6) is 0 Å². The minimum absolute atomic E-state index is 0.0684. The number of benzene rings is 1. The fraction of sp³-hybridized carbons (Fsp3) is 0.389. The molecule has 0 fully saturated rings. The van der Waals surface area contributed by atoms with Crippen molar-refractivity contribution >= 4 is 23.5 Å². The monoisotopic (exact) mass is 343 g/mol. The van der Waals surface area contributed by atoms with Gasteiger partial charge in [0.1, 0.15) is 5.82 Å². The molecule has 0 aliphatic carbocycles. The molecule has 0 spiro atoms. The molecule has 1 aromatic carbocycles. The molecule has 3 rings (SSSR count). The number of nitrogens with one attached hydrogen (secondary N) is 1. The number of carbonyl (C=O) groups is 1. The summed E-state index contributed by atoms with van der Waals surface area (Å²) in [6.07, 6.45) is 0.272. The van der Waals surface area contributed by atoms with E-state index in [1.165, 1.54) is 11.8 Å². The van der Waals surface area contributed by atoms with Crippen LogP contribution in [-0.4, -0.2) is 21.2 Å². The number of aryl methyl sites for hydroxylation is 2. The second kappa shape index (κ2) is 6.43. The number of thioether (sulfide) groups is 1. The summed E-state index contributed by atoms with van der Waals surface area (Å²) in [5, 5.41) is 3.50. The Bertz CT molecular complexity index is 873. The van der Waals surface area contributed by atoms with Crippen LogP contribution in [0.3, 0.4) is 0 Å². The van der Waals surface area contributed by atoms with E-state index in [1.807, 2.05) is 44.5 Å². The Labute approximate surface area is 145 Å². The lowest BCUT2D eigenvalue weighted by Gasteiger charge is -2.28. The van der Waals surface area contributed by atoms with Crippen molar-refractivity contribution in [3.8, 4) is 0 Å². The van der Waals surface area contributed by atoms with Crippen LogP contribution in [0.25, 0.3) is 0 Å². The topological polar surface area (TPSA) is 64.0 Å². The maximum atomic E-state index is 12.7. The maximum absolute atomic E-state index is 12.7. The smallest absolute Gasteiger partial charge is 0.279 e. The highest BCUT2D eigenvalue weighted by Crippen LogP contribution is 2.37. The Hall–Kier alpha value is -2.08. The Morgan fingerprint density at radius 1 is 1.33 bits per heavy atom. The summed E-state index contributed by atoms with van der Waals surface area (Å²) < 4.78 is 1.82. The highest BCUT2D eigenvalue weighted by molar-refractivity contribution is 7.99. The number of nitrogens with zero attached hydrogens (tertiary/aromatic N) is 2. The average Bonchev–Trinajstić information content (AvgIpc) is 2.51. The van der Waals surface area contributed by atoms with Gasteiger partial charge in [-0.05, 0) is 30.7 Å². The zero-order chi connectivity index (χ0) is 17.4. The van der Waals surface area contributed by atoms with Crippen molar-refractivity contribution in [2.24, 2.45) is 7.05 Å². The lowest BCUT2D eigenvalue weighted by atomic mass is 9.84. The molecule has 0 saturated carbocycles. The first-order valence-electron chi connectivity index (χ1n) is 8.03. The summed E-state index contributed by atoms with van der Waals surface area (Å²) >= 11 is 1.49. The molecule has 5 nitrogen and oxygen atoms in total. The molecular weight excluding hydrogens is 322 g/mol. The summed E-state index contributed by atoms with van der Waals surface area (Å²) in [4.78, 5) is 29.2. The third kappa shape index (κ3) is 2.86. The van der Waals surface area contributed by atoms with Gasteiger partial charge in [-0.15, -0.1) is 0 Å². The van der Waals surface area contributed by atoms with Gasteiger partial charge in [-0.25, -0.2) is 0 Å². The van der Waals surface area contributed by atoms with E-state index < -0.39 is 0 Å². The molecule has 1 aliphatic rings. The van der Waals surface area contributed by atoms with E-state index in [-0.39, 0.29) is 23.8 Å². The fourth-order valence-electron chi connectivity index (χ4n) is 3.28. The van der Waals surface area contributed by atoms with Crippen molar-refractivity contribution in [3.05, 3.63) is 50.8 Å². The molecule has 6 heteroatoms. The minimum atomic E-state index is -0.249. The van der Waals surface area contributed by atoms with Gasteiger partial charge >= 0.3 is 0 Å². The van der Waals surface area contributed by atoms with E-state index in [9.17, 15) is 9.59 Å². The zero-order valence-electron chi connectivity index (χ0n) is 14.3. The first-order valence-corrected chi connectivity index (χ1v) is 9.01. The predicted octanol–water partition coefficient (Wildman–Crippen LogP) is 2.98. The molecule has 1 N–H and O–H groups in total. The molecule has 1 amide bonds. The molecule has 0 unspecified atom stereocenters. The maximum Gasteiger partial charge on any atom is 0.279 e. The molecule has 2 heterocycles. The van der Waals surface area contributed by atoms with Gasteiger partial charge in [0.15, 0.2) is 5.16 Å². The number of rotatable bonds is 3. The van der Waals surface area contributed by atoms with Gasteiger partial charge in [-0.1, -0.05) is 42.4 Å². The van der Waals surface area contributed by atoms with Crippen molar-refractivity contribution in [3.63, 3.8) is 0 Å². The first-order chi connectivity index (χ1) is 11.4. The van der Waals surface area contributed by atoms with Gasteiger partial charge in [-0.3, -0.25) is 9.59 Å². The predicted molar refractivity (Wildman–Crippen MR) is 96.9 cm³/mol. The summed E-state index contributed by atoms with van der Waals surface area (Å²) in [7, 11) is 1.84. The lowest BCUT2D eigenvalue weighted by Crippen LogP contribution is -2.33. The Balaban J connectivity index is 2.22. The second-order valence-electron chi connectivity index (χ2n) is 6.12. The molecule has 2 aromatic rings. The Morgan fingerprint density at radius 2 is 2.08 bits per heavy atom. The summed E-state index contributed by atoms with van der Waals surface area (Å²) in [5.41, 5.74) is 3.62. The van der Waals surface area contributed by atoms with Crippen LogP contribution in [0, 0.1) is 13.8 Å². The van der Waals surface area contributed by atoms with E-state index in [2.05, 4.69) is 16.4 Å². The van der Waals surface area contributed by atoms with Crippen molar-refractivity contribution in [2.75, 3.05) is 11.1 Å². The van der Waals surface area contributed by atoms with Crippen LogP contribution >= 0.6 is 11.8 Å². The van der Waals surface area contributed by atoms with Crippen molar-refractivity contribution in [1.82, 2.24) is 9.55 Å². The zero-order valence-corrected chi connectivity index (χ0v) is 15.2. The Kier molecular flexibility index (Phi) is 4.49. The van der Waals surface area contributed by atoms with Crippen LogP contribution in [0.1, 0.15) is 41.5 Å². The fourth-order valence-corrected chi connectivity index (χ4v) is 3.97. The lowest BCUT2D eigenvalue weighted by molar-refractivity contribution is -0.116. The molecular formula is C18H21N3O2S. The molecule has 126 valence electrons. The normalized spacial score (nSPS) is 16.7. The summed E-state index contributed by atoms with van der Waals surface area (Å²) in [6, 6.07) is 6.13. The van der Waals surface area contributed by atoms with Crippen molar-refractivity contribution < 1.29 is 4.79 Å². The standard InChI is InChI=1S/C18H21N3O2S/c1-5-24-18-20-17(23)15-13(9-14(22)19-16(15)21(18)4)12-7-6-10(2)8-11(12)3/h6-8,13H,5,9H2,1-4H3,(H,19,22)/t13-/m1/s1. The van der Waals surface area contributed by atoms with Gasteiger partial charge in [0.05, 0.1) is 5.56 Å². The van der Waals surface area contributed by atoms with Crippen molar-refractivity contribution in [2.45, 2.75) is 38.3 Å². The van der Waals surface area contributed by atoms with Gasteiger partial charge < -0.3 is 9.88 Å². The molecule has 0 radical (unpaired) electrons. The van der Waals surface area contributed by atoms with Gasteiger partial charge in [0.2, 0.25) is 5.91 Å². The molecule has 1 aromatic heterocycles. The number of amides is 1. The number of hydrogen-bond acceptors (Lipinski definition) is 4. The summed E-state index contributed by atoms with van der Waals surface area (Å²) in [6.45, 7) is 6.06. The van der Waals surface area contributed by atoms with E-state index in [4.69, 9.17) is 0 Å². The number of carbonyl (C=O) groups excluding carboxylic acids is 1. The Morgan fingerprint density at radius 3 is 2.75 bits per heavy atom. The largest absolute Gasteiger partial charge is 0.312 e. The third-order valence-electron chi connectivity index (χ3n) is 4.38. The minimum Gasteiger partial charge on any atom is -0.312 e. The van der Waals surface area contributed by atoms with Crippen LogP contribution < -0.4 is 10.9 Å². The molecule has 24 heavy (non-hydrogen) atoms. The van der Waals surface area contributed by atoms with Gasteiger partial charge in [0.25, 0.3) is 5.56 Å². The van der Waals surface area contributed by atoms with Crippen LogP contribution in [0.4, 0.5) is 5.82 Å². The molecule has 0 bridgehead atoms. The van der Waals surface area contributed by atoms with Gasteiger partial charge in [0, 0.05) is 19.4 Å². The van der Waals surface area contributed by atoms with Crippen LogP contribution in [-0.2, 0) is 11.8 Å². The van der Waals surface area contributed by atoms with Crippen molar-refractivity contribution in [1.29, 1.82) is 0 Å². The number of hydrogen-bond donors (Lipinski definition) is 1. The molecule has 1 aliphatic heterocycles. The number of fused-ring (bicyclic) bond motifs is 1. The number of anilines is 1. The van der Waals surface area contributed by atoms with Crippen LogP contribution in [0.15, 0.2) is 28.2 Å². The molecule has 0 saturated heterocycles. The van der Waals surface area contributed by atoms with E-state index in [0.29, 0.717) is 16.5 Å². The van der Waals surface area contributed by atoms with E-state index in [1.54, 1.807) is 0 Å². The number of aromatic nitrogens is 2. The average molecular weight is 343 g/mol. The highest BCUT2D eigenvalue weighted by Gasteiger charge is 2.32. The summed E-state index contributed by atoms with van der Waals surface area (Å²) in [5.74, 6) is 1.07. The van der Waals surface area contributed by atoms with E-state index in [0.717, 1.165) is 22.4 Å². The second-order valence-corrected chi connectivity index (χ2v) is 7.35. The third-order valence-corrected chi connectivity index (χ3v) is 5.29. The van der Waals surface area contributed by atoms with E-state index >= 15 is 0 Å². The first kappa shape index (κ1) is 16.8.